The summed E-state index contributed by atoms with van der Waals surface area (Å²) in [5.74, 6) is 0.130. The Morgan fingerprint density at radius 3 is 2.89 bits per heavy atom. The van der Waals surface area contributed by atoms with Crippen molar-refractivity contribution >= 4 is 0 Å². The molecule has 19 heavy (non-hydrogen) atoms. The summed E-state index contributed by atoms with van der Waals surface area (Å²) in [6.45, 7) is 2.41. The van der Waals surface area contributed by atoms with E-state index in [0.717, 1.165) is 11.3 Å². The first kappa shape index (κ1) is 13.1. The number of hydrogen-bond acceptors (Lipinski definition) is 4. The lowest BCUT2D eigenvalue weighted by Gasteiger charge is -2.13. The number of rotatable bonds is 4. The summed E-state index contributed by atoms with van der Waals surface area (Å²) < 4.78 is 0. The van der Waals surface area contributed by atoms with Crippen molar-refractivity contribution in [1.29, 1.82) is 5.26 Å². The summed E-state index contributed by atoms with van der Waals surface area (Å²) in [5.41, 5.74) is 2.46. The molecule has 0 bridgehead atoms. The second-order valence-corrected chi connectivity index (χ2v) is 4.33. The molecular weight excluding hydrogens is 238 g/mol. The first-order valence-corrected chi connectivity index (χ1v) is 6.03. The standard InChI is InChI=1S/C15H15N3O/c1-11-5-6-15(19)13(8-11)14(9-16)18-10-12-4-2-3-7-17-12/h2-8,14,18-19H,10H2,1H3. The van der Waals surface area contributed by atoms with Gasteiger partial charge in [0, 0.05) is 18.3 Å². The maximum Gasteiger partial charge on any atom is 0.125 e. The molecule has 0 fully saturated rings. The number of aryl methyl sites for hydroxylation is 1. The Morgan fingerprint density at radius 2 is 2.21 bits per heavy atom. The lowest BCUT2D eigenvalue weighted by Crippen LogP contribution is -2.20. The topological polar surface area (TPSA) is 68.9 Å². The molecule has 0 spiro atoms. The van der Waals surface area contributed by atoms with Crippen molar-refractivity contribution in [3.8, 4) is 11.8 Å². The number of nitriles is 1. The van der Waals surface area contributed by atoms with Crippen molar-refractivity contribution in [2.45, 2.75) is 19.5 Å². The zero-order valence-corrected chi connectivity index (χ0v) is 10.7. The fraction of sp³-hybridized carbons (Fsp3) is 0.200. The van der Waals surface area contributed by atoms with E-state index in [0.29, 0.717) is 12.1 Å². The number of aromatic nitrogens is 1. The number of pyridine rings is 1. The third-order valence-electron chi connectivity index (χ3n) is 2.84. The smallest absolute Gasteiger partial charge is 0.125 e. The van der Waals surface area contributed by atoms with Crippen LogP contribution in [0.1, 0.15) is 22.9 Å². The minimum absolute atomic E-state index is 0.130. The number of phenolic OH excluding ortho intramolecular Hbond substituents is 1. The Bertz CT molecular complexity index is 590. The Hall–Kier alpha value is -2.38. The molecule has 1 unspecified atom stereocenters. The molecule has 2 N–H and O–H groups in total. The molecule has 1 aromatic carbocycles. The minimum Gasteiger partial charge on any atom is -0.508 e. The molecule has 0 aliphatic heterocycles. The molecule has 0 aliphatic rings. The van der Waals surface area contributed by atoms with E-state index in [-0.39, 0.29) is 5.75 Å². The van der Waals surface area contributed by atoms with Crippen LogP contribution in [0.5, 0.6) is 5.75 Å². The normalized spacial score (nSPS) is 11.8. The van der Waals surface area contributed by atoms with Crippen LogP contribution in [-0.2, 0) is 6.54 Å². The van der Waals surface area contributed by atoms with Crippen LogP contribution >= 0.6 is 0 Å². The van der Waals surface area contributed by atoms with Crippen LogP contribution in [0.2, 0.25) is 0 Å². The lowest BCUT2D eigenvalue weighted by molar-refractivity contribution is 0.459. The van der Waals surface area contributed by atoms with Gasteiger partial charge in [0.1, 0.15) is 11.8 Å². The molecule has 2 rings (SSSR count). The van der Waals surface area contributed by atoms with Crippen molar-refractivity contribution < 1.29 is 5.11 Å². The summed E-state index contributed by atoms with van der Waals surface area (Å²) >= 11 is 0. The van der Waals surface area contributed by atoms with Crippen molar-refractivity contribution in [3.63, 3.8) is 0 Å². The lowest BCUT2D eigenvalue weighted by atomic mass is 10.0. The van der Waals surface area contributed by atoms with Gasteiger partial charge in [-0.05, 0) is 31.2 Å². The maximum absolute atomic E-state index is 9.83. The molecule has 96 valence electrons. The highest BCUT2D eigenvalue weighted by atomic mass is 16.3. The first-order valence-electron chi connectivity index (χ1n) is 6.03. The van der Waals surface area contributed by atoms with Crippen molar-refractivity contribution in [2.75, 3.05) is 0 Å². The quantitative estimate of drug-likeness (QED) is 0.878. The summed E-state index contributed by atoms with van der Waals surface area (Å²) in [5, 5.41) is 22.1. The molecule has 0 radical (unpaired) electrons. The largest absolute Gasteiger partial charge is 0.508 e. The van der Waals surface area contributed by atoms with Crippen LogP contribution in [0.25, 0.3) is 0 Å². The van der Waals surface area contributed by atoms with E-state index in [1.54, 1.807) is 12.3 Å². The fourth-order valence-corrected chi connectivity index (χ4v) is 1.84. The molecule has 1 heterocycles. The Morgan fingerprint density at radius 1 is 1.37 bits per heavy atom. The van der Waals surface area contributed by atoms with Crippen LogP contribution < -0.4 is 5.32 Å². The van der Waals surface area contributed by atoms with Gasteiger partial charge < -0.3 is 5.11 Å². The number of nitrogens with zero attached hydrogens (tertiary/aromatic N) is 2. The number of benzene rings is 1. The molecule has 2 aromatic rings. The van der Waals surface area contributed by atoms with E-state index in [1.165, 1.54) is 0 Å². The SMILES string of the molecule is Cc1ccc(O)c(C(C#N)NCc2ccccn2)c1. The molecule has 0 saturated carbocycles. The van der Waals surface area contributed by atoms with Crippen LogP contribution in [-0.4, -0.2) is 10.1 Å². The van der Waals surface area contributed by atoms with Gasteiger partial charge in [-0.15, -0.1) is 0 Å². The average Bonchev–Trinajstić information content (AvgIpc) is 2.44. The number of phenols is 1. The zero-order chi connectivity index (χ0) is 13.7. The predicted molar refractivity (Wildman–Crippen MR) is 72.3 cm³/mol. The third-order valence-corrected chi connectivity index (χ3v) is 2.84. The van der Waals surface area contributed by atoms with Crippen molar-refractivity contribution in [2.24, 2.45) is 0 Å². The van der Waals surface area contributed by atoms with Gasteiger partial charge in [-0.2, -0.15) is 5.26 Å². The van der Waals surface area contributed by atoms with Crippen LogP contribution in [0.4, 0.5) is 0 Å². The maximum atomic E-state index is 9.83. The van der Waals surface area contributed by atoms with Crippen molar-refractivity contribution in [3.05, 3.63) is 59.4 Å². The molecule has 1 aromatic heterocycles. The highest BCUT2D eigenvalue weighted by molar-refractivity contribution is 5.40. The summed E-state index contributed by atoms with van der Waals surface area (Å²) in [4.78, 5) is 4.18. The monoisotopic (exact) mass is 253 g/mol. The van der Waals surface area contributed by atoms with E-state index in [9.17, 15) is 10.4 Å². The van der Waals surface area contributed by atoms with Crippen molar-refractivity contribution in [1.82, 2.24) is 10.3 Å². The number of aromatic hydroxyl groups is 1. The minimum atomic E-state index is -0.554. The molecule has 1 atom stereocenters. The van der Waals surface area contributed by atoms with E-state index in [1.807, 2.05) is 37.3 Å². The van der Waals surface area contributed by atoms with E-state index < -0.39 is 6.04 Å². The van der Waals surface area contributed by atoms with Gasteiger partial charge in [-0.3, -0.25) is 10.3 Å². The highest BCUT2D eigenvalue weighted by Crippen LogP contribution is 2.25. The summed E-state index contributed by atoms with van der Waals surface area (Å²) in [7, 11) is 0. The molecular formula is C15H15N3O. The van der Waals surface area contributed by atoms with Crippen LogP contribution in [0.15, 0.2) is 42.6 Å². The number of hydrogen-bond donors (Lipinski definition) is 2. The van der Waals surface area contributed by atoms with Gasteiger partial charge in [0.15, 0.2) is 0 Å². The van der Waals surface area contributed by atoms with E-state index in [2.05, 4.69) is 16.4 Å². The van der Waals surface area contributed by atoms with Gasteiger partial charge in [0.05, 0.1) is 11.8 Å². The van der Waals surface area contributed by atoms with E-state index >= 15 is 0 Å². The molecule has 0 amide bonds. The van der Waals surface area contributed by atoms with Crippen LogP contribution in [0.3, 0.4) is 0 Å². The number of nitrogens with one attached hydrogen (secondary N) is 1. The Balaban J connectivity index is 2.13. The average molecular weight is 253 g/mol. The molecule has 4 nitrogen and oxygen atoms in total. The highest BCUT2D eigenvalue weighted by Gasteiger charge is 2.14. The molecule has 0 aliphatic carbocycles. The first-order chi connectivity index (χ1) is 9.20. The zero-order valence-electron chi connectivity index (χ0n) is 10.7. The van der Waals surface area contributed by atoms with Gasteiger partial charge >= 0.3 is 0 Å². The summed E-state index contributed by atoms with van der Waals surface area (Å²) in [6.07, 6.45) is 1.71. The predicted octanol–water partition coefficient (Wildman–Crippen LogP) is 2.45. The van der Waals surface area contributed by atoms with Gasteiger partial charge in [0.25, 0.3) is 0 Å². The van der Waals surface area contributed by atoms with Gasteiger partial charge in [-0.25, -0.2) is 0 Å². The molecule has 4 heteroatoms. The molecule has 0 saturated heterocycles. The van der Waals surface area contributed by atoms with E-state index in [4.69, 9.17) is 0 Å². The Labute approximate surface area is 112 Å². The van der Waals surface area contributed by atoms with Crippen LogP contribution in [0, 0.1) is 18.3 Å². The third kappa shape index (κ3) is 3.30. The van der Waals surface area contributed by atoms with Gasteiger partial charge in [-0.1, -0.05) is 17.7 Å². The van der Waals surface area contributed by atoms with Gasteiger partial charge in [0.2, 0.25) is 0 Å². The fourth-order valence-electron chi connectivity index (χ4n) is 1.84. The second kappa shape index (κ2) is 5.98. The Kier molecular flexibility index (Phi) is 4.11. The summed E-state index contributed by atoms with van der Waals surface area (Å²) in [6, 6.07) is 12.5. The second-order valence-electron chi connectivity index (χ2n) is 4.33.